The van der Waals surface area contributed by atoms with Crippen molar-refractivity contribution in [2.75, 3.05) is 44.3 Å². The molecule has 0 spiro atoms. The molecule has 7 nitrogen and oxygen atoms in total. The Labute approximate surface area is 170 Å². The highest BCUT2D eigenvalue weighted by Gasteiger charge is 2.32. The maximum Gasteiger partial charge on any atom is 0.194 e. The second-order valence-electron chi connectivity index (χ2n) is 6.45. The van der Waals surface area contributed by atoms with E-state index in [-0.39, 0.29) is 30.1 Å². The fraction of sp³-hybridized carbons (Fsp3) is 0.750. The minimum atomic E-state index is -0.652. The van der Waals surface area contributed by atoms with E-state index < -0.39 is 5.60 Å². The van der Waals surface area contributed by atoms with Crippen LogP contribution in [0.4, 0.5) is 0 Å². The molecule has 0 aliphatic carbocycles. The van der Waals surface area contributed by atoms with Gasteiger partial charge in [0.05, 0.1) is 31.5 Å². The van der Waals surface area contributed by atoms with Crippen molar-refractivity contribution < 1.29 is 9.84 Å². The van der Waals surface area contributed by atoms with Gasteiger partial charge in [0.15, 0.2) is 5.96 Å². The van der Waals surface area contributed by atoms with Crippen molar-refractivity contribution in [3.63, 3.8) is 0 Å². The van der Waals surface area contributed by atoms with E-state index in [0.717, 1.165) is 49.1 Å². The van der Waals surface area contributed by atoms with E-state index in [1.165, 1.54) is 0 Å². The Hall–Kier alpha value is -0.520. The van der Waals surface area contributed by atoms with Crippen molar-refractivity contribution in [1.82, 2.24) is 20.0 Å². The molecule has 2 aliphatic heterocycles. The van der Waals surface area contributed by atoms with Gasteiger partial charge in [0, 0.05) is 37.7 Å². The first-order valence-corrected chi connectivity index (χ1v) is 9.69. The number of ether oxygens (including phenoxy) is 1. The standard InChI is InChI=1S/C16H27N5O2S.HI/c1-3-17-15(18-11-16(22)4-7-24-12-16)21-5-6-23-14(10-21)13-8-19-20(2)9-13;/h8-9,14,22H,3-7,10-12H2,1-2H3,(H,17,18);1H. The van der Waals surface area contributed by atoms with Crippen LogP contribution in [0.1, 0.15) is 25.0 Å². The van der Waals surface area contributed by atoms with Gasteiger partial charge in [-0.25, -0.2) is 0 Å². The average molecular weight is 481 g/mol. The fourth-order valence-corrected chi connectivity index (χ4v) is 4.30. The van der Waals surface area contributed by atoms with Gasteiger partial charge in [0.2, 0.25) is 0 Å². The lowest BCUT2D eigenvalue weighted by atomic mass is 10.0. The van der Waals surface area contributed by atoms with Crippen LogP contribution < -0.4 is 5.32 Å². The quantitative estimate of drug-likeness (QED) is 0.383. The molecule has 0 amide bonds. The number of halogens is 1. The molecular weight excluding hydrogens is 453 g/mol. The Bertz CT molecular complexity index is 577. The summed E-state index contributed by atoms with van der Waals surface area (Å²) in [5, 5.41) is 18.1. The van der Waals surface area contributed by atoms with E-state index in [4.69, 9.17) is 9.73 Å². The summed E-state index contributed by atoms with van der Waals surface area (Å²) in [4.78, 5) is 6.93. The van der Waals surface area contributed by atoms with Crippen LogP contribution in [-0.2, 0) is 11.8 Å². The van der Waals surface area contributed by atoms with E-state index in [2.05, 4.69) is 22.2 Å². The number of hydrogen-bond acceptors (Lipinski definition) is 5. The predicted molar refractivity (Wildman–Crippen MR) is 112 cm³/mol. The Morgan fingerprint density at radius 2 is 2.44 bits per heavy atom. The van der Waals surface area contributed by atoms with E-state index >= 15 is 0 Å². The molecular formula is C16H28IN5O2S. The smallest absolute Gasteiger partial charge is 0.194 e. The molecule has 2 atom stereocenters. The van der Waals surface area contributed by atoms with E-state index in [9.17, 15) is 5.11 Å². The van der Waals surface area contributed by atoms with Crippen LogP contribution in [-0.4, -0.2) is 75.6 Å². The van der Waals surface area contributed by atoms with Crippen LogP contribution in [0.15, 0.2) is 17.4 Å². The van der Waals surface area contributed by atoms with Crippen molar-refractivity contribution in [1.29, 1.82) is 0 Å². The number of nitrogens with zero attached hydrogens (tertiary/aromatic N) is 4. The number of nitrogens with one attached hydrogen (secondary N) is 1. The molecule has 1 aromatic rings. The molecule has 25 heavy (non-hydrogen) atoms. The van der Waals surface area contributed by atoms with Gasteiger partial charge in [-0.1, -0.05) is 0 Å². The number of aromatic nitrogens is 2. The van der Waals surface area contributed by atoms with Crippen LogP contribution >= 0.6 is 35.7 Å². The summed E-state index contributed by atoms with van der Waals surface area (Å²) in [6, 6.07) is 0. The number of guanidine groups is 1. The maximum absolute atomic E-state index is 10.5. The average Bonchev–Trinajstić information content (AvgIpc) is 3.21. The second kappa shape index (κ2) is 9.43. The van der Waals surface area contributed by atoms with Crippen LogP contribution in [0.2, 0.25) is 0 Å². The van der Waals surface area contributed by atoms with Gasteiger partial charge in [0.25, 0.3) is 0 Å². The third-order valence-corrected chi connectivity index (χ3v) is 5.64. The van der Waals surface area contributed by atoms with E-state index in [1.54, 1.807) is 16.4 Å². The molecule has 2 aliphatic rings. The Morgan fingerprint density at radius 1 is 1.60 bits per heavy atom. The SMILES string of the molecule is CCNC(=NCC1(O)CCSC1)N1CCOC(c2cnn(C)c2)C1.I. The highest BCUT2D eigenvalue weighted by atomic mass is 127. The first-order valence-electron chi connectivity index (χ1n) is 8.53. The zero-order chi connectivity index (χ0) is 17.0. The molecule has 3 rings (SSSR count). The van der Waals surface area contributed by atoms with Gasteiger partial charge >= 0.3 is 0 Å². The van der Waals surface area contributed by atoms with Crippen molar-refractivity contribution in [3.05, 3.63) is 18.0 Å². The summed E-state index contributed by atoms with van der Waals surface area (Å²) >= 11 is 1.80. The normalized spacial score (nSPS) is 27.2. The largest absolute Gasteiger partial charge is 0.387 e. The Morgan fingerprint density at radius 3 is 3.08 bits per heavy atom. The first-order chi connectivity index (χ1) is 11.6. The van der Waals surface area contributed by atoms with Crippen molar-refractivity contribution in [3.8, 4) is 0 Å². The molecule has 2 saturated heterocycles. The Balaban J connectivity index is 0.00000225. The van der Waals surface area contributed by atoms with Crippen molar-refractivity contribution in [2.24, 2.45) is 12.0 Å². The molecule has 3 heterocycles. The van der Waals surface area contributed by atoms with Gasteiger partial charge in [-0.15, -0.1) is 24.0 Å². The lowest BCUT2D eigenvalue weighted by molar-refractivity contribution is -0.00826. The molecule has 9 heteroatoms. The van der Waals surface area contributed by atoms with Crippen LogP contribution in [0.5, 0.6) is 0 Å². The van der Waals surface area contributed by atoms with Gasteiger partial charge in [-0.2, -0.15) is 16.9 Å². The van der Waals surface area contributed by atoms with Crippen LogP contribution in [0.25, 0.3) is 0 Å². The summed E-state index contributed by atoms with van der Waals surface area (Å²) < 4.78 is 7.70. The maximum atomic E-state index is 10.5. The molecule has 2 N–H and O–H groups in total. The summed E-state index contributed by atoms with van der Waals surface area (Å²) in [5.74, 6) is 2.65. The number of rotatable bonds is 4. The topological polar surface area (TPSA) is 74.9 Å². The summed E-state index contributed by atoms with van der Waals surface area (Å²) in [6.45, 7) is 5.53. The Kier molecular flexibility index (Phi) is 7.84. The lowest BCUT2D eigenvalue weighted by Gasteiger charge is -2.35. The van der Waals surface area contributed by atoms with Gasteiger partial charge < -0.3 is 20.1 Å². The van der Waals surface area contributed by atoms with Crippen molar-refractivity contribution in [2.45, 2.75) is 25.0 Å². The summed E-state index contributed by atoms with van der Waals surface area (Å²) in [6.07, 6.45) is 4.68. The summed E-state index contributed by atoms with van der Waals surface area (Å²) in [5.41, 5.74) is 0.435. The number of hydrogen-bond donors (Lipinski definition) is 2. The van der Waals surface area contributed by atoms with E-state index in [1.807, 2.05) is 19.4 Å². The number of morpholine rings is 1. The highest BCUT2D eigenvalue weighted by Crippen LogP contribution is 2.28. The third kappa shape index (κ3) is 5.48. The van der Waals surface area contributed by atoms with Gasteiger partial charge in [0.1, 0.15) is 6.10 Å². The van der Waals surface area contributed by atoms with Gasteiger partial charge in [-0.05, 0) is 19.1 Å². The van der Waals surface area contributed by atoms with Crippen LogP contribution in [0.3, 0.4) is 0 Å². The zero-order valence-electron chi connectivity index (χ0n) is 14.8. The van der Waals surface area contributed by atoms with Crippen molar-refractivity contribution >= 4 is 41.7 Å². The lowest BCUT2D eigenvalue weighted by Crippen LogP contribution is -2.49. The molecule has 2 unspecified atom stereocenters. The molecule has 142 valence electrons. The van der Waals surface area contributed by atoms with Crippen LogP contribution in [0, 0.1) is 0 Å². The molecule has 1 aromatic heterocycles. The first kappa shape index (κ1) is 20.8. The molecule has 0 aromatic carbocycles. The minimum Gasteiger partial charge on any atom is -0.387 e. The van der Waals surface area contributed by atoms with E-state index in [0.29, 0.717) is 13.2 Å². The molecule has 0 saturated carbocycles. The second-order valence-corrected chi connectivity index (χ2v) is 7.56. The predicted octanol–water partition coefficient (Wildman–Crippen LogP) is 1.24. The zero-order valence-corrected chi connectivity index (χ0v) is 18.0. The summed E-state index contributed by atoms with van der Waals surface area (Å²) in [7, 11) is 1.91. The highest BCUT2D eigenvalue weighted by molar-refractivity contribution is 14.0. The number of thioether (sulfide) groups is 1. The molecule has 2 fully saturated rings. The molecule has 0 bridgehead atoms. The molecule has 0 radical (unpaired) electrons. The fourth-order valence-electron chi connectivity index (χ4n) is 3.02. The number of aliphatic imine (C=N–C) groups is 1. The minimum absolute atomic E-state index is 0. The third-order valence-electron chi connectivity index (χ3n) is 4.40. The van der Waals surface area contributed by atoms with Gasteiger partial charge in [-0.3, -0.25) is 9.67 Å². The monoisotopic (exact) mass is 481 g/mol. The number of aryl methyl sites for hydroxylation is 1. The number of aliphatic hydroxyl groups is 1.